The quantitative estimate of drug-likeness (QED) is 0.665. The zero-order valence-corrected chi connectivity index (χ0v) is 14.7. The molecule has 1 heterocycles. The molecule has 1 unspecified atom stereocenters. The number of piperidine rings is 1. The zero-order chi connectivity index (χ0) is 16.0. The van der Waals surface area contributed by atoms with E-state index < -0.39 is 11.9 Å². The molecule has 2 fully saturated rings. The van der Waals surface area contributed by atoms with Gasteiger partial charge in [0.05, 0.1) is 12.5 Å². The Hall–Kier alpha value is -0.850. The minimum Gasteiger partial charge on any atom is -0.370 e. The monoisotopic (exact) mass is 346 g/mol. The summed E-state index contributed by atoms with van der Waals surface area (Å²) in [7, 11) is 0. The molecule has 5 N–H and O–H groups in total. The molecule has 23 heavy (non-hydrogen) atoms. The first-order valence-electron chi connectivity index (χ1n) is 8.60. The van der Waals surface area contributed by atoms with Crippen molar-refractivity contribution in [3.63, 3.8) is 0 Å². The third kappa shape index (κ3) is 5.62. The lowest BCUT2D eigenvalue weighted by molar-refractivity contribution is -0.127. The van der Waals surface area contributed by atoms with Crippen LogP contribution in [0, 0.1) is 0 Å². The number of nitrogens with zero attached hydrogens (tertiary/aromatic N) is 1. The fourth-order valence-electron chi connectivity index (χ4n) is 3.88. The average molecular weight is 347 g/mol. The molecule has 1 saturated heterocycles. The number of amides is 2. The third-order valence-corrected chi connectivity index (χ3v) is 5.16. The second-order valence-electron chi connectivity index (χ2n) is 6.83. The second kappa shape index (κ2) is 9.45. The molecule has 0 bridgehead atoms. The van der Waals surface area contributed by atoms with E-state index >= 15 is 0 Å². The minimum absolute atomic E-state index is 0. The lowest BCUT2D eigenvalue weighted by Gasteiger charge is -2.48. The maximum absolute atomic E-state index is 12.1. The highest BCUT2D eigenvalue weighted by atomic mass is 35.5. The molecule has 6 nitrogen and oxygen atoms in total. The number of hydrogen-bond donors (Lipinski definition) is 3. The summed E-state index contributed by atoms with van der Waals surface area (Å²) in [6, 6.07) is -0.834. The van der Waals surface area contributed by atoms with E-state index in [9.17, 15) is 9.59 Å². The van der Waals surface area contributed by atoms with Crippen LogP contribution in [-0.2, 0) is 9.59 Å². The van der Waals surface area contributed by atoms with Crippen molar-refractivity contribution in [2.45, 2.75) is 69.4 Å². The van der Waals surface area contributed by atoms with Crippen molar-refractivity contribution < 1.29 is 9.59 Å². The molecule has 2 rings (SSSR count). The summed E-state index contributed by atoms with van der Waals surface area (Å²) in [4.78, 5) is 25.5. The number of carbonyl (C=O) groups excluding carboxylic acids is 2. The van der Waals surface area contributed by atoms with Gasteiger partial charge in [-0.3, -0.25) is 14.5 Å². The predicted octanol–water partition coefficient (Wildman–Crippen LogP) is 0.916. The lowest BCUT2D eigenvalue weighted by atomic mass is 9.79. The summed E-state index contributed by atoms with van der Waals surface area (Å²) in [5, 5.41) is 2.98. The van der Waals surface area contributed by atoms with Crippen molar-refractivity contribution in [2.24, 2.45) is 11.5 Å². The Morgan fingerprint density at radius 3 is 2.17 bits per heavy atom. The molecule has 7 heteroatoms. The van der Waals surface area contributed by atoms with Crippen LogP contribution < -0.4 is 16.8 Å². The van der Waals surface area contributed by atoms with Crippen LogP contribution >= 0.6 is 12.4 Å². The molecule has 1 saturated carbocycles. The van der Waals surface area contributed by atoms with Crippen LogP contribution in [0.2, 0.25) is 0 Å². The van der Waals surface area contributed by atoms with Crippen LogP contribution in [-0.4, -0.2) is 47.9 Å². The van der Waals surface area contributed by atoms with Gasteiger partial charge in [-0.1, -0.05) is 25.7 Å². The Bertz CT molecular complexity index is 394. The van der Waals surface area contributed by atoms with Crippen LogP contribution in [0.3, 0.4) is 0 Å². The van der Waals surface area contributed by atoms with Gasteiger partial charge in [0, 0.05) is 12.1 Å². The van der Waals surface area contributed by atoms with Crippen LogP contribution in [0.25, 0.3) is 0 Å². The van der Waals surface area contributed by atoms with Crippen molar-refractivity contribution in [3.05, 3.63) is 0 Å². The summed E-state index contributed by atoms with van der Waals surface area (Å²) >= 11 is 0. The molecule has 0 aromatic heterocycles. The first-order chi connectivity index (χ1) is 10.5. The number of hydrogen-bond acceptors (Lipinski definition) is 4. The van der Waals surface area contributed by atoms with Gasteiger partial charge in [-0.2, -0.15) is 0 Å². The molecule has 134 valence electrons. The lowest BCUT2D eigenvalue weighted by Crippen LogP contribution is -2.59. The molecule has 1 atom stereocenters. The van der Waals surface area contributed by atoms with E-state index in [1.807, 2.05) is 0 Å². The Kier molecular flexibility index (Phi) is 8.29. The molecular formula is C16H31ClN4O2. The van der Waals surface area contributed by atoms with E-state index in [1.165, 1.54) is 38.5 Å². The highest BCUT2D eigenvalue weighted by Crippen LogP contribution is 2.35. The van der Waals surface area contributed by atoms with Gasteiger partial charge in [0.2, 0.25) is 11.8 Å². The van der Waals surface area contributed by atoms with Crippen molar-refractivity contribution in [1.82, 2.24) is 10.2 Å². The molecular weight excluding hydrogens is 316 g/mol. The number of nitrogens with one attached hydrogen (secondary N) is 1. The van der Waals surface area contributed by atoms with E-state index in [-0.39, 0.29) is 30.3 Å². The van der Waals surface area contributed by atoms with Crippen LogP contribution in [0.4, 0.5) is 0 Å². The van der Waals surface area contributed by atoms with Gasteiger partial charge in [0.15, 0.2) is 0 Å². The molecule has 0 aromatic rings. The number of primary amides is 1. The summed E-state index contributed by atoms with van der Waals surface area (Å²) in [6.45, 7) is 2.89. The van der Waals surface area contributed by atoms with Crippen LogP contribution in [0.5, 0.6) is 0 Å². The van der Waals surface area contributed by atoms with Gasteiger partial charge in [-0.25, -0.2) is 0 Å². The molecule has 0 spiro atoms. The Labute approximate surface area is 145 Å². The highest BCUT2D eigenvalue weighted by molar-refractivity contribution is 5.87. The van der Waals surface area contributed by atoms with Crippen molar-refractivity contribution in [2.75, 3.05) is 19.6 Å². The molecule has 2 amide bonds. The smallest absolute Gasteiger partial charge is 0.237 e. The fourth-order valence-corrected chi connectivity index (χ4v) is 3.88. The highest BCUT2D eigenvalue weighted by Gasteiger charge is 2.38. The first-order valence-corrected chi connectivity index (χ1v) is 8.60. The summed E-state index contributed by atoms with van der Waals surface area (Å²) in [5.41, 5.74) is 10.9. The number of carbonyl (C=O) groups is 2. The first kappa shape index (κ1) is 20.2. The normalized spacial score (nSPS) is 22.7. The summed E-state index contributed by atoms with van der Waals surface area (Å²) in [5.74, 6) is -0.799. The topological polar surface area (TPSA) is 101 Å². The second-order valence-corrected chi connectivity index (χ2v) is 6.83. The molecule has 0 aromatic carbocycles. The van der Waals surface area contributed by atoms with Crippen molar-refractivity contribution in [1.29, 1.82) is 0 Å². The van der Waals surface area contributed by atoms with Gasteiger partial charge in [-0.05, 0) is 38.8 Å². The zero-order valence-electron chi connectivity index (χ0n) is 13.9. The molecule has 2 aliphatic rings. The van der Waals surface area contributed by atoms with E-state index in [2.05, 4.69) is 10.2 Å². The largest absolute Gasteiger partial charge is 0.370 e. The van der Waals surface area contributed by atoms with E-state index in [4.69, 9.17) is 11.5 Å². The molecule has 1 aliphatic heterocycles. The van der Waals surface area contributed by atoms with E-state index in [0.717, 1.165) is 25.9 Å². The maximum atomic E-state index is 12.1. The van der Waals surface area contributed by atoms with Gasteiger partial charge < -0.3 is 16.8 Å². The number of likely N-dealkylation sites (tertiary alicyclic amines) is 1. The summed E-state index contributed by atoms with van der Waals surface area (Å²) in [6.07, 6.45) is 9.71. The van der Waals surface area contributed by atoms with E-state index in [0.29, 0.717) is 6.54 Å². The van der Waals surface area contributed by atoms with Crippen LogP contribution in [0.1, 0.15) is 57.8 Å². The van der Waals surface area contributed by atoms with Gasteiger partial charge in [0.25, 0.3) is 0 Å². The fraction of sp³-hybridized carbons (Fsp3) is 0.875. The van der Waals surface area contributed by atoms with Crippen LogP contribution in [0.15, 0.2) is 0 Å². The predicted molar refractivity (Wildman–Crippen MR) is 93.3 cm³/mol. The molecule has 0 radical (unpaired) electrons. The SMILES string of the molecule is Cl.NC(=O)CC(N)C(=O)NCC1(N2CCCCC2)CCCCC1. The van der Waals surface area contributed by atoms with Crippen molar-refractivity contribution >= 4 is 24.2 Å². The van der Waals surface area contributed by atoms with Gasteiger partial charge in [-0.15, -0.1) is 12.4 Å². The number of halogens is 1. The Morgan fingerprint density at radius 1 is 1.04 bits per heavy atom. The third-order valence-electron chi connectivity index (χ3n) is 5.16. The minimum atomic E-state index is -0.834. The summed E-state index contributed by atoms with van der Waals surface area (Å²) < 4.78 is 0. The average Bonchev–Trinajstić information content (AvgIpc) is 2.53. The number of nitrogens with two attached hydrogens (primary N) is 2. The van der Waals surface area contributed by atoms with Gasteiger partial charge >= 0.3 is 0 Å². The van der Waals surface area contributed by atoms with E-state index in [1.54, 1.807) is 0 Å². The molecule has 1 aliphatic carbocycles. The maximum Gasteiger partial charge on any atom is 0.237 e. The Morgan fingerprint density at radius 2 is 1.61 bits per heavy atom. The number of rotatable bonds is 6. The standard InChI is InChI=1S/C16H30N4O2.ClH/c17-13(11-14(18)21)15(22)19-12-16(7-3-1-4-8-16)20-9-5-2-6-10-20;/h13H,1-12,17H2,(H2,18,21)(H,19,22);1H. The van der Waals surface area contributed by atoms with Crippen molar-refractivity contribution in [3.8, 4) is 0 Å². The Balaban J connectivity index is 0.00000264. The van der Waals surface area contributed by atoms with Gasteiger partial charge in [0.1, 0.15) is 0 Å².